The summed E-state index contributed by atoms with van der Waals surface area (Å²) < 4.78 is 45.3. The molecule has 1 amide bonds. The van der Waals surface area contributed by atoms with Crippen LogP contribution in [-0.4, -0.2) is 77.4 Å². The maximum Gasteiger partial charge on any atom is 0.416 e. The summed E-state index contributed by atoms with van der Waals surface area (Å²) in [5.41, 5.74) is 3.48. The van der Waals surface area contributed by atoms with Crippen molar-refractivity contribution in [3.63, 3.8) is 0 Å². The molecule has 4 heterocycles. The number of likely N-dealkylation sites (tertiary alicyclic amines) is 1. The Morgan fingerprint density at radius 2 is 1.92 bits per heavy atom. The van der Waals surface area contributed by atoms with Crippen LogP contribution in [0.4, 0.5) is 13.2 Å². The zero-order valence-electron chi connectivity index (χ0n) is 22.0. The van der Waals surface area contributed by atoms with Gasteiger partial charge in [0, 0.05) is 62.1 Å². The number of carbonyl (C=O) groups is 1. The number of amides is 1. The number of carbonyl (C=O) groups excluding carboxylic acids is 1. The highest BCUT2D eigenvalue weighted by atomic mass is 32.2. The molecule has 1 N–H and O–H groups in total. The van der Waals surface area contributed by atoms with Crippen molar-refractivity contribution in [3.8, 4) is 0 Å². The summed E-state index contributed by atoms with van der Waals surface area (Å²) in [6.07, 6.45) is 2.29. The highest BCUT2D eigenvalue weighted by Crippen LogP contribution is 2.44. The monoisotopic (exact) mass is 560 g/mol. The van der Waals surface area contributed by atoms with Crippen LogP contribution >= 0.6 is 11.8 Å². The summed E-state index contributed by atoms with van der Waals surface area (Å²) in [5, 5.41) is 3.92. The van der Waals surface area contributed by atoms with Crippen molar-refractivity contribution in [2.75, 3.05) is 39.4 Å². The molecule has 0 radical (unpaired) electrons. The first kappa shape index (κ1) is 27.1. The van der Waals surface area contributed by atoms with Gasteiger partial charge >= 0.3 is 6.18 Å². The van der Waals surface area contributed by atoms with Crippen molar-refractivity contribution in [2.45, 2.75) is 67.4 Å². The van der Waals surface area contributed by atoms with Gasteiger partial charge in [0.2, 0.25) is 5.91 Å². The van der Waals surface area contributed by atoms with Crippen LogP contribution in [0.15, 0.2) is 36.5 Å². The first-order valence-electron chi connectivity index (χ1n) is 14.0. The smallest absolute Gasteiger partial charge is 0.381 e. The maximum atomic E-state index is 13.3. The third-order valence-corrected chi connectivity index (χ3v) is 10.2. The van der Waals surface area contributed by atoms with Gasteiger partial charge in [-0.2, -0.15) is 13.2 Å². The highest BCUT2D eigenvalue weighted by molar-refractivity contribution is 8.00. The minimum Gasteiger partial charge on any atom is -0.381 e. The molecule has 2 unspecified atom stereocenters. The number of aryl methyl sites for hydroxylation is 1. The molecule has 2 aromatic rings. The molecule has 39 heavy (non-hydrogen) atoms. The number of nitrogens with one attached hydrogen (secondary N) is 1. The molecule has 1 aromatic heterocycles. The Balaban J connectivity index is 1.11. The molecule has 210 valence electrons. The van der Waals surface area contributed by atoms with Crippen LogP contribution in [-0.2, 0) is 35.1 Å². The molecule has 0 bridgehead atoms. The van der Waals surface area contributed by atoms with Crippen LogP contribution in [0.1, 0.15) is 52.5 Å². The number of halogens is 3. The van der Waals surface area contributed by atoms with Crippen LogP contribution in [0.2, 0.25) is 0 Å². The molecule has 4 aliphatic rings. The second-order valence-corrected chi connectivity index (χ2v) is 12.6. The number of rotatable bonds is 6. The van der Waals surface area contributed by atoms with E-state index in [1.807, 2.05) is 28.9 Å². The Kier molecular flexibility index (Phi) is 7.90. The molecular weight excluding hydrogens is 525 g/mol. The second-order valence-electron chi connectivity index (χ2n) is 11.2. The average molecular weight is 561 g/mol. The van der Waals surface area contributed by atoms with E-state index in [2.05, 4.69) is 21.3 Å². The zero-order chi connectivity index (χ0) is 27.0. The zero-order valence-corrected chi connectivity index (χ0v) is 22.8. The lowest BCUT2D eigenvalue weighted by Crippen LogP contribution is -2.47. The lowest BCUT2D eigenvalue weighted by molar-refractivity contribution is -0.137. The largest absolute Gasteiger partial charge is 0.416 e. The standard InChI is InChI=1S/C29H35F3N4O2S/c30-29(31,32)22-5-3-19-7-11-35(15-21(19)14-22)18-27(37)34-24-16-36(23-8-12-38-13-9-23)17-26(24)39-25-6-4-20-2-1-10-33-28(20)25/h1-3,5,10,14,23-26H,4,6-9,11-13,15-18H2,(H,34,37)/t24?,25?,26-/m0/s1. The van der Waals surface area contributed by atoms with Crippen molar-refractivity contribution < 1.29 is 22.7 Å². The number of ether oxygens (including phenoxy) is 1. The van der Waals surface area contributed by atoms with E-state index in [1.54, 1.807) is 6.07 Å². The summed E-state index contributed by atoms with van der Waals surface area (Å²) in [6, 6.07) is 8.63. The summed E-state index contributed by atoms with van der Waals surface area (Å²) in [5.74, 6) is -0.0557. The Bertz CT molecular complexity index is 1190. The Morgan fingerprint density at radius 1 is 1.08 bits per heavy atom. The number of pyridine rings is 1. The van der Waals surface area contributed by atoms with Gasteiger partial charge in [-0.05, 0) is 67.0 Å². The molecule has 3 aliphatic heterocycles. The predicted octanol–water partition coefficient (Wildman–Crippen LogP) is 4.23. The summed E-state index contributed by atoms with van der Waals surface area (Å²) in [7, 11) is 0. The van der Waals surface area contributed by atoms with Gasteiger partial charge in [0.05, 0.1) is 23.8 Å². The van der Waals surface area contributed by atoms with Gasteiger partial charge in [-0.3, -0.25) is 19.6 Å². The third kappa shape index (κ3) is 6.14. The number of hydrogen-bond donors (Lipinski definition) is 1. The molecule has 10 heteroatoms. The second kappa shape index (κ2) is 11.4. The quantitative estimate of drug-likeness (QED) is 0.571. The van der Waals surface area contributed by atoms with Crippen molar-refractivity contribution in [1.29, 1.82) is 0 Å². The maximum absolute atomic E-state index is 13.3. The van der Waals surface area contributed by atoms with E-state index in [9.17, 15) is 18.0 Å². The molecule has 1 aliphatic carbocycles. The highest BCUT2D eigenvalue weighted by Gasteiger charge is 2.40. The fraction of sp³-hybridized carbons (Fsp3) is 0.586. The van der Waals surface area contributed by atoms with Crippen molar-refractivity contribution in [1.82, 2.24) is 20.1 Å². The molecule has 1 aromatic carbocycles. The minimum absolute atomic E-state index is 0.0204. The van der Waals surface area contributed by atoms with Crippen LogP contribution in [0.3, 0.4) is 0 Å². The van der Waals surface area contributed by atoms with E-state index in [-0.39, 0.29) is 23.7 Å². The van der Waals surface area contributed by atoms with Crippen LogP contribution in [0.25, 0.3) is 0 Å². The molecule has 2 saturated heterocycles. The fourth-order valence-electron chi connectivity index (χ4n) is 6.53. The molecule has 0 saturated carbocycles. The van der Waals surface area contributed by atoms with Crippen molar-refractivity contribution in [3.05, 3.63) is 64.5 Å². The molecular formula is C29H35F3N4O2S. The van der Waals surface area contributed by atoms with Gasteiger partial charge in [-0.25, -0.2) is 0 Å². The van der Waals surface area contributed by atoms with E-state index < -0.39 is 11.7 Å². The fourth-order valence-corrected chi connectivity index (χ4v) is 8.17. The first-order chi connectivity index (χ1) is 18.8. The summed E-state index contributed by atoms with van der Waals surface area (Å²) >= 11 is 1.95. The van der Waals surface area contributed by atoms with E-state index in [1.165, 1.54) is 17.3 Å². The number of nitrogens with zero attached hydrogens (tertiary/aromatic N) is 3. The molecule has 2 fully saturated rings. The lowest BCUT2D eigenvalue weighted by Gasteiger charge is -2.31. The van der Waals surface area contributed by atoms with E-state index in [0.29, 0.717) is 36.4 Å². The lowest BCUT2D eigenvalue weighted by atomic mass is 9.97. The number of alkyl halides is 3. The van der Waals surface area contributed by atoms with Crippen LogP contribution in [0.5, 0.6) is 0 Å². The molecule has 6 nitrogen and oxygen atoms in total. The van der Waals surface area contributed by atoms with Crippen molar-refractivity contribution >= 4 is 17.7 Å². The molecule has 3 atom stereocenters. The SMILES string of the molecule is O=C(CN1CCc2ccc(C(F)(F)F)cc2C1)NC1CN(C2CCOCC2)C[C@@H]1SC1CCc2cccnc21. The number of thioether (sulfide) groups is 1. The van der Waals surface area contributed by atoms with Gasteiger partial charge in [0.25, 0.3) is 0 Å². The van der Waals surface area contributed by atoms with Gasteiger partial charge in [0.1, 0.15) is 0 Å². The number of fused-ring (bicyclic) bond motifs is 2. The van der Waals surface area contributed by atoms with Crippen molar-refractivity contribution in [2.24, 2.45) is 0 Å². The predicted molar refractivity (Wildman–Crippen MR) is 144 cm³/mol. The number of aromatic nitrogens is 1. The summed E-state index contributed by atoms with van der Waals surface area (Å²) in [6.45, 7) is 4.50. The number of benzene rings is 1. The normalized spacial score (nSPS) is 26.4. The molecule has 6 rings (SSSR count). The average Bonchev–Trinajstić information content (AvgIpc) is 3.52. The van der Waals surface area contributed by atoms with Gasteiger partial charge < -0.3 is 10.1 Å². The Morgan fingerprint density at radius 3 is 2.74 bits per heavy atom. The van der Waals surface area contributed by atoms with Crippen LogP contribution in [0, 0.1) is 0 Å². The Labute approximate surface area is 231 Å². The number of hydrogen-bond acceptors (Lipinski definition) is 6. The third-order valence-electron chi connectivity index (χ3n) is 8.59. The Hall–Kier alpha value is -2.14. The van der Waals surface area contributed by atoms with Crippen LogP contribution < -0.4 is 5.32 Å². The first-order valence-corrected chi connectivity index (χ1v) is 14.9. The van der Waals surface area contributed by atoms with E-state index in [0.717, 1.165) is 63.6 Å². The van der Waals surface area contributed by atoms with Gasteiger partial charge in [0.15, 0.2) is 0 Å². The van der Waals surface area contributed by atoms with Gasteiger partial charge in [-0.15, -0.1) is 11.8 Å². The topological polar surface area (TPSA) is 57.7 Å². The van der Waals surface area contributed by atoms with E-state index in [4.69, 9.17) is 4.74 Å². The minimum atomic E-state index is -4.37. The van der Waals surface area contributed by atoms with Gasteiger partial charge in [-0.1, -0.05) is 12.1 Å². The summed E-state index contributed by atoms with van der Waals surface area (Å²) in [4.78, 5) is 22.4. The molecule has 0 spiro atoms. The van der Waals surface area contributed by atoms with E-state index >= 15 is 0 Å².